The molecule has 0 fully saturated rings. The Kier molecular flexibility index (Phi) is 5.59. The fourth-order valence-electron chi connectivity index (χ4n) is 1.02. The number of halogens is 3. The summed E-state index contributed by atoms with van der Waals surface area (Å²) in [6.07, 6.45) is 1.82. The molecular formula is C10H10Cl3N3S. The monoisotopic (exact) mass is 309 g/mol. The molecule has 0 aliphatic carbocycles. The largest absolute Gasteiger partial charge is 0.377 e. The predicted molar refractivity (Wildman–Crippen MR) is 78.8 cm³/mol. The van der Waals surface area contributed by atoms with Crippen LogP contribution in [-0.2, 0) is 0 Å². The van der Waals surface area contributed by atoms with Crippen molar-refractivity contribution in [2.45, 2.75) is 6.92 Å². The Labute approximate surface area is 119 Å². The highest BCUT2D eigenvalue weighted by Gasteiger charge is 2.10. The minimum Gasteiger partial charge on any atom is -0.377 e. The van der Waals surface area contributed by atoms with E-state index in [9.17, 15) is 0 Å². The van der Waals surface area contributed by atoms with Crippen LogP contribution < -0.4 is 5.73 Å². The summed E-state index contributed by atoms with van der Waals surface area (Å²) in [6.45, 7) is 1.77. The van der Waals surface area contributed by atoms with E-state index in [2.05, 4.69) is 10.2 Å². The van der Waals surface area contributed by atoms with Crippen molar-refractivity contribution >= 4 is 57.4 Å². The number of hydrogen-bond acceptors (Lipinski definition) is 3. The van der Waals surface area contributed by atoms with Crippen LogP contribution in [-0.4, -0.2) is 17.1 Å². The summed E-state index contributed by atoms with van der Waals surface area (Å²) in [5.74, 6) is 0. The molecule has 0 radical (unpaired) electrons. The lowest BCUT2D eigenvalue weighted by atomic mass is 10.1. The molecule has 1 aromatic rings. The fourth-order valence-corrected chi connectivity index (χ4v) is 1.82. The van der Waals surface area contributed by atoms with Crippen molar-refractivity contribution in [1.82, 2.24) is 0 Å². The summed E-state index contributed by atoms with van der Waals surface area (Å²) in [4.78, 5) is 0. The molecule has 0 saturated heterocycles. The van der Waals surface area contributed by atoms with Crippen molar-refractivity contribution in [2.75, 3.05) is 6.26 Å². The highest BCUT2D eigenvalue weighted by Crippen LogP contribution is 2.32. The molecule has 0 atom stereocenters. The molecule has 92 valence electrons. The Morgan fingerprint density at radius 3 is 2.41 bits per heavy atom. The lowest BCUT2D eigenvalue weighted by Gasteiger charge is -2.05. The van der Waals surface area contributed by atoms with E-state index in [0.29, 0.717) is 31.5 Å². The van der Waals surface area contributed by atoms with E-state index in [4.69, 9.17) is 40.5 Å². The number of rotatable bonds is 2. The zero-order valence-electron chi connectivity index (χ0n) is 9.17. The van der Waals surface area contributed by atoms with Gasteiger partial charge in [0.05, 0.1) is 20.8 Å². The fraction of sp³-hybridized carbons (Fsp3) is 0.200. The zero-order chi connectivity index (χ0) is 13.0. The Morgan fingerprint density at radius 2 is 1.82 bits per heavy atom. The number of benzene rings is 1. The molecule has 1 aromatic carbocycles. The number of thioether (sulfide) groups is 1. The molecular weight excluding hydrogens is 301 g/mol. The van der Waals surface area contributed by atoms with E-state index in [1.54, 1.807) is 19.1 Å². The van der Waals surface area contributed by atoms with Gasteiger partial charge in [0, 0.05) is 5.56 Å². The van der Waals surface area contributed by atoms with Gasteiger partial charge in [0.1, 0.15) is 0 Å². The van der Waals surface area contributed by atoms with Crippen molar-refractivity contribution in [3.63, 3.8) is 0 Å². The summed E-state index contributed by atoms with van der Waals surface area (Å²) in [5, 5.41) is 9.24. The molecule has 0 bridgehead atoms. The van der Waals surface area contributed by atoms with E-state index in [0.717, 1.165) is 0 Å². The van der Waals surface area contributed by atoms with Gasteiger partial charge in [0.15, 0.2) is 5.17 Å². The molecule has 7 heteroatoms. The maximum absolute atomic E-state index is 6.06. The maximum Gasteiger partial charge on any atom is 0.180 e. The summed E-state index contributed by atoms with van der Waals surface area (Å²) in [6, 6.07) is 3.39. The maximum atomic E-state index is 6.06. The smallest absolute Gasteiger partial charge is 0.180 e. The molecule has 3 nitrogen and oxygen atoms in total. The Balaban J connectivity index is 3.13. The molecule has 0 heterocycles. The van der Waals surface area contributed by atoms with E-state index in [1.165, 1.54) is 11.8 Å². The van der Waals surface area contributed by atoms with Crippen LogP contribution in [0.25, 0.3) is 0 Å². The van der Waals surface area contributed by atoms with Gasteiger partial charge in [0.2, 0.25) is 0 Å². The molecule has 0 unspecified atom stereocenters. The van der Waals surface area contributed by atoms with Crippen LogP contribution in [0.3, 0.4) is 0 Å². The number of amidine groups is 1. The topological polar surface area (TPSA) is 50.7 Å². The molecule has 17 heavy (non-hydrogen) atoms. The van der Waals surface area contributed by atoms with Crippen LogP contribution in [0.15, 0.2) is 22.3 Å². The number of nitrogens with zero attached hydrogens (tertiary/aromatic N) is 2. The second-order valence-corrected chi connectivity index (χ2v) is 5.04. The molecule has 0 aliphatic rings. The highest BCUT2D eigenvalue weighted by molar-refractivity contribution is 8.13. The SMILES string of the molecule is CS/C(N)=N\N=C(/C)c1ccc(Cl)c(Cl)c1Cl. The van der Waals surface area contributed by atoms with Gasteiger partial charge in [-0.3, -0.25) is 0 Å². The average Bonchev–Trinajstić information content (AvgIpc) is 2.32. The summed E-state index contributed by atoms with van der Waals surface area (Å²) < 4.78 is 0. The van der Waals surface area contributed by atoms with Gasteiger partial charge in [0.25, 0.3) is 0 Å². The minimum absolute atomic E-state index is 0.308. The molecule has 0 amide bonds. The van der Waals surface area contributed by atoms with Crippen LogP contribution >= 0.6 is 46.6 Å². The van der Waals surface area contributed by atoms with Gasteiger partial charge in [-0.15, -0.1) is 5.10 Å². The van der Waals surface area contributed by atoms with Crippen LogP contribution in [0.2, 0.25) is 15.1 Å². The zero-order valence-corrected chi connectivity index (χ0v) is 12.3. The van der Waals surface area contributed by atoms with E-state index >= 15 is 0 Å². The lowest BCUT2D eigenvalue weighted by molar-refractivity contribution is 1.23. The van der Waals surface area contributed by atoms with Crippen molar-refractivity contribution in [2.24, 2.45) is 15.9 Å². The van der Waals surface area contributed by atoms with Gasteiger partial charge in [-0.2, -0.15) is 5.10 Å². The van der Waals surface area contributed by atoms with Gasteiger partial charge in [-0.25, -0.2) is 0 Å². The summed E-state index contributed by atoms with van der Waals surface area (Å²) in [5.41, 5.74) is 6.81. The van der Waals surface area contributed by atoms with Crippen LogP contribution in [0.1, 0.15) is 12.5 Å². The van der Waals surface area contributed by atoms with Gasteiger partial charge < -0.3 is 5.73 Å². The summed E-state index contributed by atoms with van der Waals surface area (Å²) in [7, 11) is 0. The number of nitrogens with two attached hydrogens (primary N) is 1. The van der Waals surface area contributed by atoms with Gasteiger partial charge in [-0.1, -0.05) is 52.6 Å². The van der Waals surface area contributed by atoms with Crippen LogP contribution in [0.4, 0.5) is 0 Å². The quantitative estimate of drug-likeness (QED) is 0.388. The van der Waals surface area contributed by atoms with Crippen molar-refractivity contribution < 1.29 is 0 Å². The Bertz CT molecular complexity index is 486. The molecule has 1 rings (SSSR count). The summed E-state index contributed by atoms with van der Waals surface area (Å²) >= 11 is 19.1. The first-order valence-corrected chi connectivity index (χ1v) is 6.88. The third kappa shape index (κ3) is 3.78. The predicted octanol–water partition coefficient (Wildman–Crippen LogP) is 4.05. The van der Waals surface area contributed by atoms with Crippen molar-refractivity contribution in [3.05, 3.63) is 32.8 Å². The Morgan fingerprint density at radius 1 is 1.18 bits per heavy atom. The molecule has 0 spiro atoms. The first kappa shape index (κ1) is 14.6. The van der Waals surface area contributed by atoms with Crippen molar-refractivity contribution in [1.29, 1.82) is 0 Å². The third-order valence-electron chi connectivity index (χ3n) is 1.93. The number of hydrogen-bond donors (Lipinski definition) is 1. The molecule has 0 aromatic heterocycles. The van der Waals surface area contributed by atoms with Gasteiger partial charge in [-0.05, 0) is 19.2 Å². The first-order valence-electron chi connectivity index (χ1n) is 4.53. The van der Waals surface area contributed by atoms with E-state index in [1.807, 2.05) is 6.26 Å². The average molecular weight is 311 g/mol. The molecule has 0 saturated carbocycles. The van der Waals surface area contributed by atoms with Gasteiger partial charge >= 0.3 is 0 Å². The standard InChI is InChI=1S/C10H10Cl3N3S/c1-5(15-16-10(14)17-2)6-3-4-7(11)9(13)8(6)12/h3-4H,1-2H3,(H2,14,16)/b15-5+. The van der Waals surface area contributed by atoms with E-state index in [-0.39, 0.29) is 0 Å². The second kappa shape index (κ2) is 6.50. The Hall–Kier alpha value is -0.420. The first-order chi connectivity index (χ1) is 7.97. The van der Waals surface area contributed by atoms with Crippen LogP contribution in [0, 0.1) is 0 Å². The highest BCUT2D eigenvalue weighted by atomic mass is 35.5. The van der Waals surface area contributed by atoms with Crippen molar-refractivity contribution in [3.8, 4) is 0 Å². The molecule has 0 aliphatic heterocycles. The van der Waals surface area contributed by atoms with E-state index < -0.39 is 0 Å². The second-order valence-electron chi connectivity index (χ2n) is 3.05. The molecule has 2 N–H and O–H groups in total. The third-order valence-corrected chi connectivity index (χ3v) is 3.73. The van der Waals surface area contributed by atoms with Crippen LogP contribution in [0.5, 0.6) is 0 Å². The minimum atomic E-state index is 0.308. The lowest BCUT2D eigenvalue weighted by Crippen LogP contribution is -2.05. The normalized spacial score (nSPS) is 13.0.